The molecule has 3 heterocycles. The van der Waals surface area contributed by atoms with Crippen molar-refractivity contribution < 1.29 is 14.3 Å². The summed E-state index contributed by atoms with van der Waals surface area (Å²) in [6, 6.07) is 9.05. The van der Waals surface area contributed by atoms with Crippen LogP contribution in [0.5, 0.6) is 0 Å². The summed E-state index contributed by atoms with van der Waals surface area (Å²) in [5.74, 6) is -0.190. The zero-order chi connectivity index (χ0) is 23.8. The molecule has 0 bridgehead atoms. The molecule has 33 heavy (non-hydrogen) atoms. The number of halogens is 1. The van der Waals surface area contributed by atoms with Gasteiger partial charge in [-0.15, -0.1) is 0 Å². The first-order valence-electron chi connectivity index (χ1n) is 11.3. The molecular formula is C25H31ClN4O3. The molecule has 2 aliphatic heterocycles. The van der Waals surface area contributed by atoms with Crippen LogP contribution in [0.3, 0.4) is 0 Å². The van der Waals surface area contributed by atoms with Crippen LogP contribution in [0, 0.1) is 0 Å². The van der Waals surface area contributed by atoms with Crippen molar-refractivity contribution in [1.82, 2.24) is 15.2 Å². The predicted octanol–water partition coefficient (Wildman–Crippen LogP) is 5.11. The van der Waals surface area contributed by atoms with E-state index in [1.54, 1.807) is 6.20 Å². The zero-order valence-electron chi connectivity index (χ0n) is 19.6. The third-order valence-electron chi connectivity index (χ3n) is 6.34. The Labute approximate surface area is 199 Å². The van der Waals surface area contributed by atoms with Crippen molar-refractivity contribution in [1.29, 1.82) is 0 Å². The van der Waals surface area contributed by atoms with Crippen molar-refractivity contribution in [2.45, 2.75) is 64.0 Å². The Bertz CT molecular complexity index is 1020. The van der Waals surface area contributed by atoms with Gasteiger partial charge in [-0.2, -0.15) is 0 Å². The van der Waals surface area contributed by atoms with Crippen LogP contribution in [0.4, 0.5) is 16.2 Å². The highest BCUT2D eigenvalue weighted by atomic mass is 35.5. The van der Waals surface area contributed by atoms with Gasteiger partial charge in [-0.1, -0.05) is 44.5 Å². The summed E-state index contributed by atoms with van der Waals surface area (Å²) in [4.78, 5) is 31.9. The Morgan fingerprint density at radius 3 is 2.52 bits per heavy atom. The van der Waals surface area contributed by atoms with E-state index in [2.05, 4.69) is 36.4 Å². The zero-order valence-corrected chi connectivity index (χ0v) is 20.3. The van der Waals surface area contributed by atoms with E-state index in [1.807, 2.05) is 37.3 Å². The lowest BCUT2D eigenvalue weighted by molar-refractivity contribution is -0.135. The topological polar surface area (TPSA) is 83.6 Å². The maximum absolute atomic E-state index is 13.1. The van der Waals surface area contributed by atoms with E-state index in [1.165, 1.54) is 4.90 Å². The van der Waals surface area contributed by atoms with Gasteiger partial charge in [0.05, 0.1) is 34.6 Å². The number of carbonyl (C=O) groups excluding carboxylic acids is 2. The number of ether oxygens (including phenoxy) is 1. The first kappa shape index (κ1) is 23.5. The number of amides is 3. The maximum Gasteiger partial charge on any atom is 0.325 e. The summed E-state index contributed by atoms with van der Waals surface area (Å²) in [5.41, 5.74) is 2.25. The molecule has 1 aromatic heterocycles. The van der Waals surface area contributed by atoms with Crippen LogP contribution in [0.2, 0.25) is 5.02 Å². The molecular weight excluding hydrogens is 440 g/mol. The van der Waals surface area contributed by atoms with E-state index in [0.717, 1.165) is 11.4 Å². The summed E-state index contributed by atoms with van der Waals surface area (Å²) in [7, 11) is 0. The minimum atomic E-state index is -0.904. The first-order valence-corrected chi connectivity index (χ1v) is 11.7. The lowest BCUT2D eigenvalue weighted by atomic mass is 9.85. The third kappa shape index (κ3) is 4.84. The van der Waals surface area contributed by atoms with Gasteiger partial charge in [-0.25, -0.2) is 4.79 Å². The molecule has 4 rings (SSSR count). The summed E-state index contributed by atoms with van der Waals surface area (Å²) in [6.45, 7) is 9.31. The Morgan fingerprint density at radius 1 is 1.18 bits per heavy atom. The van der Waals surface area contributed by atoms with E-state index in [4.69, 9.17) is 16.3 Å². The van der Waals surface area contributed by atoms with E-state index in [9.17, 15) is 9.59 Å². The second-order valence-corrected chi connectivity index (χ2v) is 10.4. The third-order valence-corrected chi connectivity index (χ3v) is 6.74. The monoisotopic (exact) mass is 470 g/mol. The Kier molecular flexibility index (Phi) is 6.38. The minimum absolute atomic E-state index is 0.0328. The van der Waals surface area contributed by atoms with Gasteiger partial charge in [0.25, 0.3) is 0 Å². The molecule has 0 saturated carbocycles. The van der Waals surface area contributed by atoms with Crippen molar-refractivity contribution in [2.75, 3.05) is 18.5 Å². The van der Waals surface area contributed by atoms with Crippen molar-refractivity contribution in [3.05, 3.63) is 52.8 Å². The molecule has 0 unspecified atom stereocenters. The largest absolute Gasteiger partial charge is 0.381 e. The molecule has 2 aliphatic rings. The first-order chi connectivity index (χ1) is 15.6. The highest BCUT2D eigenvalue weighted by Crippen LogP contribution is 2.39. The van der Waals surface area contributed by atoms with Crippen LogP contribution in [-0.2, 0) is 20.5 Å². The van der Waals surface area contributed by atoms with Gasteiger partial charge in [0.15, 0.2) is 0 Å². The number of imide groups is 1. The molecule has 2 aromatic rings. The number of aromatic nitrogens is 1. The van der Waals surface area contributed by atoms with Crippen LogP contribution in [0.15, 0.2) is 36.5 Å². The van der Waals surface area contributed by atoms with Crippen LogP contribution >= 0.6 is 11.6 Å². The molecule has 7 nitrogen and oxygen atoms in total. The molecule has 3 amide bonds. The predicted molar refractivity (Wildman–Crippen MR) is 129 cm³/mol. The van der Waals surface area contributed by atoms with E-state index >= 15 is 0 Å². The smallest absolute Gasteiger partial charge is 0.325 e. The molecule has 0 radical (unpaired) electrons. The Balaban J connectivity index is 1.55. The molecule has 1 atom stereocenters. The average Bonchev–Trinajstić information content (AvgIpc) is 2.75. The Hall–Kier alpha value is -2.64. The fourth-order valence-electron chi connectivity index (χ4n) is 4.44. The summed E-state index contributed by atoms with van der Waals surface area (Å²) >= 11 is 6.79. The van der Waals surface area contributed by atoms with Gasteiger partial charge in [0.1, 0.15) is 0 Å². The summed E-state index contributed by atoms with van der Waals surface area (Å²) < 4.78 is 5.37. The van der Waals surface area contributed by atoms with Gasteiger partial charge < -0.3 is 15.4 Å². The van der Waals surface area contributed by atoms with Crippen molar-refractivity contribution in [3.8, 4) is 0 Å². The number of pyridine rings is 1. The highest BCUT2D eigenvalue weighted by Gasteiger charge is 2.44. The van der Waals surface area contributed by atoms with Crippen LogP contribution in [-0.4, -0.2) is 41.1 Å². The second-order valence-electron chi connectivity index (χ2n) is 10.0. The number of urea groups is 1. The van der Waals surface area contributed by atoms with Gasteiger partial charge >= 0.3 is 6.03 Å². The van der Waals surface area contributed by atoms with Gasteiger partial charge in [-0.3, -0.25) is 14.7 Å². The van der Waals surface area contributed by atoms with Crippen LogP contribution < -0.4 is 10.6 Å². The van der Waals surface area contributed by atoms with Crippen molar-refractivity contribution in [3.63, 3.8) is 0 Å². The molecule has 2 saturated heterocycles. The number of nitrogens with zero attached hydrogens (tertiary/aromatic N) is 2. The van der Waals surface area contributed by atoms with Crippen LogP contribution in [0.1, 0.15) is 58.2 Å². The number of benzene rings is 1. The van der Waals surface area contributed by atoms with E-state index in [-0.39, 0.29) is 29.8 Å². The molecule has 176 valence electrons. The normalized spacial score (nSPS) is 22.3. The fourth-order valence-corrected chi connectivity index (χ4v) is 4.82. The molecule has 2 fully saturated rings. The highest BCUT2D eigenvalue weighted by molar-refractivity contribution is 6.34. The number of carbonyl (C=O) groups is 2. The molecule has 0 spiro atoms. The molecule has 8 heteroatoms. The fraction of sp³-hybridized carbons (Fsp3) is 0.480. The second kappa shape index (κ2) is 8.95. The number of anilines is 2. The SMILES string of the molecule is CC(C)(C)c1ccc(Nc2cccc([C@]3(C)CC(=O)N(C4CCOCC4)C(=O)N3)c2Cl)cn1. The molecule has 0 aliphatic carbocycles. The summed E-state index contributed by atoms with van der Waals surface area (Å²) in [6.07, 6.45) is 3.25. The molecule has 1 aromatic carbocycles. The number of hydrogen-bond donors (Lipinski definition) is 2. The summed E-state index contributed by atoms with van der Waals surface area (Å²) in [5, 5.41) is 6.82. The molecule has 2 N–H and O–H groups in total. The Morgan fingerprint density at radius 2 is 1.91 bits per heavy atom. The lowest BCUT2D eigenvalue weighted by Gasteiger charge is -2.43. The number of nitrogens with one attached hydrogen (secondary N) is 2. The van der Waals surface area contributed by atoms with Crippen molar-refractivity contribution in [2.24, 2.45) is 0 Å². The average molecular weight is 471 g/mol. The maximum atomic E-state index is 13.1. The van der Waals surface area contributed by atoms with Crippen LogP contribution in [0.25, 0.3) is 0 Å². The quantitative estimate of drug-likeness (QED) is 0.648. The van der Waals surface area contributed by atoms with Crippen molar-refractivity contribution >= 4 is 34.9 Å². The van der Waals surface area contributed by atoms with Gasteiger partial charge in [0, 0.05) is 30.4 Å². The van der Waals surface area contributed by atoms with Gasteiger partial charge in [-0.05, 0) is 43.5 Å². The lowest BCUT2D eigenvalue weighted by Crippen LogP contribution is -2.62. The number of hydrogen-bond acceptors (Lipinski definition) is 5. The number of rotatable bonds is 4. The van der Waals surface area contributed by atoms with Gasteiger partial charge in [0.2, 0.25) is 5.91 Å². The van der Waals surface area contributed by atoms with E-state index < -0.39 is 5.54 Å². The van der Waals surface area contributed by atoms with E-state index in [0.29, 0.717) is 42.3 Å². The standard InChI is InChI=1S/C25H31ClN4O3/c1-24(2,3)20-9-8-16(15-27-20)28-19-7-5-6-18(22(19)26)25(4)14-21(31)30(23(32)29-25)17-10-12-33-13-11-17/h5-9,15,17,28H,10-14H2,1-4H3,(H,29,32)/t25-/m0/s1. The minimum Gasteiger partial charge on any atom is -0.381 e.